The number of fused-ring (bicyclic) bond motifs is 1. The zero-order valence-corrected chi connectivity index (χ0v) is 13.0. The molecule has 5 nitrogen and oxygen atoms in total. The van der Waals surface area contributed by atoms with Crippen LogP contribution in [0.5, 0.6) is 0 Å². The van der Waals surface area contributed by atoms with E-state index in [1.54, 1.807) is 0 Å². The molecule has 0 spiro atoms. The maximum atomic E-state index is 12.4. The number of carbonyl (C=O) groups excluding carboxylic acids is 1. The highest BCUT2D eigenvalue weighted by Crippen LogP contribution is 2.20. The summed E-state index contributed by atoms with van der Waals surface area (Å²) in [4.78, 5) is 23.1. The smallest absolute Gasteiger partial charge is 0.303 e. The van der Waals surface area contributed by atoms with Gasteiger partial charge in [0.05, 0.1) is 0 Å². The van der Waals surface area contributed by atoms with E-state index in [-0.39, 0.29) is 18.2 Å². The number of carboxylic acid groups (broad SMARTS) is 1. The summed E-state index contributed by atoms with van der Waals surface area (Å²) < 4.78 is 2.02. The number of benzene rings is 1. The topological polar surface area (TPSA) is 71.3 Å². The van der Waals surface area contributed by atoms with E-state index in [1.807, 2.05) is 41.8 Å². The monoisotopic (exact) mass is 302 g/mol. The minimum atomic E-state index is -0.846. The minimum Gasteiger partial charge on any atom is -0.481 e. The van der Waals surface area contributed by atoms with Crippen LogP contribution in [0.25, 0.3) is 10.9 Å². The summed E-state index contributed by atoms with van der Waals surface area (Å²) in [5, 5.41) is 12.6. The zero-order valence-electron chi connectivity index (χ0n) is 13.0. The molecule has 2 rings (SSSR count). The number of aliphatic carboxylic acids is 1. The maximum absolute atomic E-state index is 12.4. The predicted octanol–water partition coefficient (Wildman–Crippen LogP) is 2.89. The fraction of sp³-hybridized carbons (Fsp3) is 0.412. The first-order chi connectivity index (χ1) is 10.5. The van der Waals surface area contributed by atoms with Crippen molar-refractivity contribution >= 4 is 22.8 Å². The van der Waals surface area contributed by atoms with Crippen molar-refractivity contribution in [3.63, 3.8) is 0 Å². The van der Waals surface area contributed by atoms with Gasteiger partial charge in [-0.05, 0) is 24.5 Å². The van der Waals surface area contributed by atoms with E-state index in [1.165, 1.54) is 0 Å². The summed E-state index contributed by atoms with van der Waals surface area (Å²) in [6.45, 7) is 5.03. The fourth-order valence-electron chi connectivity index (χ4n) is 2.59. The molecule has 1 aromatic carbocycles. The van der Waals surface area contributed by atoms with Gasteiger partial charge < -0.3 is 15.0 Å². The first-order valence-corrected chi connectivity index (χ1v) is 7.61. The van der Waals surface area contributed by atoms with Crippen LogP contribution in [0.1, 0.15) is 37.2 Å². The molecule has 22 heavy (non-hydrogen) atoms. The van der Waals surface area contributed by atoms with Crippen molar-refractivity contribution in [1.29, 1.82) is 0 Å². The maximum Gasteiger partial charge on any atom is 0.303 e. The van der Waals surface area contributed by atoms with E-state index in [0.717, 1.165) is 23.9 Å². The summed E-state index contributed by atoms with van der Waals surface area (Å²) in [6, 6.07) is 9.81. The highest BCUT2D eigenvalue weighted by molar-refractivity contribution is 5.98. The molecule has 1 aromatic heterocycles. The number of carbonyl (C=O) groups is 2. The van der Waals surface area contributed by atoms with Crippen LogP contribution in [0.15, 0.2) is 30.3 Å². The molecule has 5 heteroatoms. The Hall–Kier alpha value is -2.30. The third-order valence-electron chi connectivity index (χ3n) is 3.62. The molecule has 1 amide bonds. The van der Waals surface area contributed by atoms with Crippen molar-refractivity contribution in [3.8, 4) is 0 Å². The average Bonchev–Trinajstić information content (AvgIpc) is 2.84. The summed E-state index contributed by atoms with van der Waals surface area (Å²) >= 11 is 0. The summed E-state index contributed by atoms with van der Waals surface area (Å²) in [7, 11) is 0. The van der Waals surface area contributed by atoms with Gasteiger partial charge in [0.15, 0.2) is 0 Å². The van der Waals surface area contributed by atoms with Gasteiger partial charge in [-0.15, -0.1) is 0 Å². The van der Waals surface area contributed by atoms with Gasteiger partial charge in [-0.1, -0.05) is 32.0 Å². The number of hydrogen-bond acceptors (Lipinski definition) is 2. The van der Waals surface area contributed by atoms with Gasteiger partial charge in [0.1, 0.15) is 5.69 Å². The Morgan fingerprint density at radius 3 is 2.73 bits per heavy atom. The highest BCUT2D eigenvalue weighted by atomic mass is 16.4. The fourth-order valence-corrected chi connectivity index (χ4v) is 2.59. The lowest BCUT2D eigenvalue weighted by Crippen LogP contribution is -2.30. The van der Waals surface area contributed by atoms with Crippen LogP contribution in [0.3, 0.4) is 0 Å². The molecule has 0 aliphatic carbocycles. The second-order valence-electron chi connectivity index (χ2n) is 5.65. The Morgan fingerprint density at radius 2 is 2.05 bits per heavy atom. The largest absolute Gasteiger partial charge is 0.481 e. The molecule has 0 saturated carbocycles. The Labute approximate surface area is 129 Å². The molecule has 0 radical (unpaired) electrons. The van der Waals surface area contributed by atoms with Gasteiger partial charge in [0.25, 0.3) is 5.91 Å². The Morgan fingerprint density at radius 1 is 1.32 bits per heavy atom. The predicted molar refractivity (Wildman–Crippen MR) is 86.0 cm³/mol. The van der Waals surface area contributed by atoms with E-state index in [4.69, 9.17) is 5.11 Å². The van der Waals surface area contributed by atoms with Gasteiger partial charge in [0, 0.05) is 30.4 Å². The van der Waals surface area contributed by atoms with E-state index in [0.29, 0.717) is 12.2 Å². The number of nitrogens with one attached hydrogen (secondary N) is 1. The number of rotatable bonds is 7. The standard InChI is InChI=1S/C17H22N2O3/c1-3-8-19-14-7-5-4-6-13(14)10-15(19)17(22)18-11-12(2)9-16(20)21/h4-7,10,12H,3,8-9,11H2,1-2H3,(H,18,22)(H,20,21). The quantitative estimate of drug-likeness (QED) is 0.826. The van der Waals surface area contributed by atoms with Gasteiger partial charge in [0.2, 0.25) is 0 Å². The molecule has 1 atom stereocenters. The number of para-hydroxylation sites is 1. The molecule has 0 bridgehead atoms. The number of nitrogens with zero attached hydrogens (tertiary/aromatic N) is 1. The number of aromatic nitrogens is 1. The van der Waals surface area contributed by atoms with E-state index < -0.39 is 5.97 Å². The Bertz CT molecular complexity index is 676. The van der Waals surface area contributed by atoms with Crippen LogP contribution < -0.4 is 5.32 Å². The number of amides is 1. The molecule has 118 valence electrons. The Kier molecular flexibility index (Phi) is 5.20. The van der Waals surface area contributed by atoms with Gasteiger partial charge in [-0.2, -0.15) is 0 Å². The number of carboxylic acids is 1. The molecular weight excluding hydrogens is 280 g/mol. The van der Waals surface area contributed by atoms with E-state index in [2.05, 4.69) is 12.2 Å². The van der Waals surface area contributed by atoms with Crippen molar-refractivity contribution in [2.45, 2.75) is 33.2 Å². The zero-order chi connectivity index (χ0) is 16.1. The average molecular weight is 302 g/mol. The van der Waals surface area contributed by atoms with Crippen LogP contribution in [0, 0.1) is 5.92 Å². The molecule has 0 saturated heterocycles. The lowest BCUT2D eigenvalue weighted by atomic mass is 10.1. The summed E-state index contributed by atoms with van der Waals surface area (Å²) in [5.41, 5.74) is 1.68. The van der Waals surface area contributed by atoms with Gasteiger partial charge >= 0.3 is 5.97 Å². The molecule has 1 heterocycles. The lowest BCUT2D eigenvalue weighted by molar-refractivity contribution is -0.137. The first-order valence-electron chi connectivity index (χ1n) is 7.61. The van der Waals surface area contributed by atoms with Crippen molar-refractivity contribution < 1.29 is 14.7 Å². The van der Waals surface area contributed by atoms with Crippen molar-refractivity contribution in [3.05, 3.63) is 36.0 Å². The first kappa shape index (κ1) is 16.1. The minimum absolute atomic E-state index is 0.0538. The number of hydrogen-bond donors (Lipinski definition) is 2. The van der Waals surface area contributed by atoms with Crippen LogP contribution in [-0.2, 0) is 11.3 Å². The van der Waals surface area contributed by atoms with E-state index in [9.17, 15) is 9.59 Å². The summed E-state index contributed by atoms with van der Waals surface area (Å²) in [6.07, 6.45) is 0.993. The second-order valence-corrected chi connectivity index (χ2v) is 5.65. The molecule has 1 unspecified atom stereocenters. The number of aryl methyl sites for hydroxylation is 1. The highest BCUT2D eigenvalue weighted by Gasteiger charge is 2.16. The molecule has 2 aromatic rings. The van der Waals surface area contributed by atoms with Crippen LogP contribution in [0.4, 0.5) is 0 Å². The normalized spacial score (nSPS) is 12.3. The van der Waals surface area contributed by atoms with Crippen molar-refractivity contribution in [1.82, 2.24) is 9.88 Å². The molecule has 2 N–H and O–H groups in total. The third kappa shape index (κ3) is 3.67. The lowest BCUT2D eigenvalue weighted by Gasteiger charge is -2.12. The molecule has 0 aliphatic heterocycles. The molecule has 0 fully saturated rings. The third-order valence-corrected chi connectivity index (χ3v) is 3.62. The van der Waals surface area contributed by atoms with Crippen LogP contribution in [0.2, 0.25) is 0 Å². The van der Waals surface area contributed by atoms with Crippen LogP contribution in [-0.4, -0.2) is 28.1 Å². The van der Waals surface area contributed by atoms with Crippen molar-refractivity contribution in [2.75, 3.05) is 6.54 Å². The molecule has 0 aliphatic rings. The summed E-state index contributed by atoms with van der Waals surface area (Å²) in [5.74, 6) is -1.09. The van der Waals surface area contributed by atoms with E-state index >= 15 is 0 Å². The van der Waals surface area contributed by atoms with Crippen LogP contribution >= 0.6 is 0 Å². The Balaban J connectivity index is 2.16. The van der Waals surface area contributed by atoms with Gasteiger partial charge in [-0.3, -0.25) is 9.59 Å². The SMILES string of the molecule is CCCn1c(C(=O)NCC(C)CC(=O)O)cc2ccccc21. The second kappa shape index (κ2) is 7.11. The van der Waals surface area contributed by atoms with Gasteiger partial charge in [-0.25, -0.2) is 0 Å². The van der Waals surface area contributed by atoms with Crippen molar-refractivity contribution in [2.24, 2.45) is 5.92 Å². The molecular formula is C17H22N2O3.